The molecule has 6 nitrogen and oxygen atoms in total. The topological polar surface area (TPSA) is 75.7 Å². The standard InChI is InChI=1S/C25H21ClN2O4/c1-2-3-15-32-25(31)17-11-13-18(14-12-17)28-23(29)21(26)22(24(28)30)27-20-10-6-8-16-7-4-5-9-19(16)20/h4-14,27H,2-3,15H2,1H3. The summed E-state index contributed by atoms with van der Waals surface area (Å²) in [6, 6.07) is 19.4. The summed E-state index contributed by atoms with van der Waals surface area (Å²) in [5.41, 5.74) is 1.34. The van der Waals surface area contributed by atoms with Gasteiger partial charge in [-0.25, -0.2) is 9.69 Å². The predicted molar refractivity (Wildman–Crippen MR) is 125 cm³/mol. The van der Waals surface area contributed by atoms with Crippen molar-refractivity contribution in [3.63, 3.8) is 0 Å². The van der Waals surface area contributed by atoms with Crippen LogP contribution >= 0.6 is 11.6 Å². The van der Waals surface area contributed by atoms with Crippen molar-refractivity contribution in [1.29, 1.82) is 0 Å². The molecular weight excluding hydrogens is 428 g/mol. The molecular formula is C25H21ClN2O4. The molecule has 0 unspecified atom stereocenters. The van der Waals surface area contributed by atoms with Gasteiger partial charge >= 0.3 is 5.97 Å². The van der Waals surface area contributed by atoms with E-state index in [1.807, 2.05) is 49.4 Å². The summed E-state index contributed by atoms with van der Waals surface area (Å²) in [6.07, 6.45) is 1.71. The van der Waals surface area contributed by atoms with Gasteiger partial charge in [0, 0.05) is 11.1 Å². The summed E-state index contributed by atoms with van der Waals surface area (Å²) in [5, 5.41) is 4.73. The number of imide groups is 1. The van der Waals surface area contributed by atoms with Gasteiger partial charge in [0.1, 0.15) is 10.7 Å². The number of fused-ring (bicyclic) bond motifs is 1. The lowest BCUT2D eigenvalue weighted by Gasteiger charge is -2.16. The van der Waals surface area contributed by atoms with Crippen LogP contribution in [-0.4, -0.2) is 24.4 Å². The minimum Gasteiger partial charge on any atom is -0.462 e. The van der Waals surface area contributed by atoms with Gasteiger partial charge in [0.15, 0.2) is 0 Å². The Balaban J connectivity index is 1.55. The fourth-order valence-electron chi connectivity index (χ4n) is 3.45. The van der Waals surface area contributed by atoms with Crippen LogP contribution in [0.15, 0.2) is 77.5 Å². The van der Waals surface area contributed by atoms with E-state index in [4.69, 9.17) is 16.3 Å². The Kier molecular flexibility index (Phi) is 6.23. The largest absolute Gasteiger partial charge is 0.462 e. The number of benzene rings is 3. The highest BCUT2D eigenvalue weighted by molar-refractivity contribution is 6.53. The number of carbonyl (C=O) groups excluding carboxylic acids is 3. The molecule has 0 saturated heterocycles. The zero-order chi connectivity index (χ0) is 22.7. The number of amides is 2. The van der Waals surface area contributed by atoms with Crippen LogP contribution in [0.4, 0.5) is 11.4 Å². The van der Waals surface area contributed by atoms with E-state index in [0.717, 1.165) is 28.5 Å². The third-order valence-corrected chi connectivity index (χ3v) is 5.52. The molecule has 0 atom stereocenters. The van der Waals surface area contributed by atoms with Crippen LogP contribution in [0.5, 0.6) is 0 Å². The van der Waals surface area contributed by atoms with Crippen LogP contribution in [0.25, 0.3) is 10.8 Å². The molecule has 0 radical (unpaired) electrons. The first-order valence-electron chi connectivity index (χ1n) is 10.3. The number of rotatable bonds is 7. The summed E-state index contributed by atoms with van der Waals surface area (Å²) in [5.74, 6) is -1.64. The summed E-state index contributed by atoms with van der Waals surface area (Å²) >= 11 is 6.25. The Bertz CT molecular complexity index is 1230. The fraction of sp³-hybridized carbons (Fsp3) is 0.160. The van der Waals surface area contributed by atoms with E-state index < -0.39 is 17.8 Å². The Morgan fingerprint density at radius 2 is 1.69 bits per heavy atom. The smallest absolute Gasteiger partial charge is 0.338 e. The maximum atomic E-state index is 13.1. The summed E-state index contributed by atoms with van der Waals surface area (Å²) in [6.45, 7) is 2.36. The van der Waals surface area contributed by atoms with Gasteiger partial charge in [0.25, 0.3) is 11.8 Å². The highest BCUT2D eigenvalue weighted by atomic mass is 35.5. The summed E-state index contributed by atoms with van der Waals surface area (Å²) in [4.78, 5) is 38.9. The van der Waals surface area contributed by atoms with Crippen molar-refractivity contribution >= 4 is 51.5 Å². The van der Waals surface area contributed by atoms with Crippen molar-refractivity contribution in [3.05, 3.63) is 83.0 Å². The first kappa shape index (κ1) is 21.6. The van der Waals surface area contributed by atoms with Crippen LogP contribution in [0.1, 0.15) is 30.1 Å². The van der Waals surface area contributed by atoms with Gasteiger partial charge in [-0.15, -0.1) is 0 Å². The van der Waals surface area contributed by atoms with E-state index in [9.17, 15) is 14.4 Å². The minimum absolute atomic E-state index is 0.0103. The average Bonchev–Trinajstić information content (AvgIpc) is 3.02. The number of esters is 1. The predicted octanol–water partition coefficient (Wildman–Crippen LogP) is 5.23. The van der Waals surface area contributed by atoms with Gasteiger partial charge in [0.2, 0.25) is 0 Å². The molecule has 1 N–H and O–H groups in total. The van der Waals surface area contributed by atoms with Crippen LogP contribution in [-0.2, 0) is 14.3 Å². The van der Waals surface area contributed by atoms with Crippen LogP contribution < -0.4 is 10.2 Å². The van der Waals surface area contributed by atoms with E-state index >= 15 is 0 Å². The van der Waals surface area contributed by atoms with Gasteiger partial charge in [-0.05, 0) is 42.1 Å². The van der Waals surface area contributed by atoms with Gasteiger partial charge in [-0.2, -0.15) is 0 Å². The molecule has 4 rings (SSSR count). The SMILES string of the molecule is CCCCOC(=O)c1ccc(N2C(=O)C(Cl)=C(Nc3cccc4ccccc34)C2=O)cc1. The molecule has 0 saturated carbocycles. The molecule has 162 valence electrons. The lowest BCUT2D eigenvalue weighted by atomic mass is 10.1. The van der Waals surface area contributed by atoms with Crippen LogP contribution in [0, 0.1) is 0 Å². The molecule has 0 spiro atoms. The number of carbonyl (C=O) groups is 3. The van der Waals surface area contributed by atoms with Gasteiger partial charge in [-0.1, -0.05) is 61.3 Å². The molecule has 1 aliphatic rings. The highest BCUT2D eigenvalue weighted by Gasteiger charge is 2.39. The van der Waals surface area contributed by atoms with Crippen molar-refractivity contribution in [3.8, 4) is 0 Å². The monoisotopic (exact) mass is 448 g/mol. The molecule has 0 aliphatic carbocycles. The van der Waals surface area contributed by atoms with Crippen molar-refractivity contribution < 1.29 is 19.1 Å². The number of ether oxygens (including phenoxy) is 1. The van der Waals surface area contributed by atoms with E-state index in [1.54, 1.807) is 0 Å². The molecule has 1 aliphatic heterocycles. The Hall–Kier alpha value is -3.64. The van der Waals surface area contributed by atoms with E-state index in [-0.39, 0.29) is 10.7 Å². The number of hydrogen-bond acceptors (Lipinski definition) is 5. The third-order valence-electron chi connectivity index (χ3n) is 5.17. The Morgan fingerprint density at radius 1 is 0.969 bits per heavy atom. The van der Waals surface area contributed by atoms with Gasteiger partial charge in [0.05, 0.1) is 17.9 Å². The van der Waals surface area contributed by atoms with E-state index in [2.05, 4.69) is 5.32 Å². The van der Waals surface area contributed by atoms with Crippen molar-refractivity contribution in [2.45, 2.75) is 19.8 Å². The van der Waals surface area contributed by atoms with Crippen molar-refractivity contribution in [2.75, 3.05) is 16.8 Å². The molecule has 0 bridgehead atoms. The second kappa shape index (κ2) is 9.24. The second-order valence-electron chi connectivity index (χ2n) is 7.32. The molecule has 1 heterocycles. The van der Waals surface area contributed by atoms with Gasteiger partial charge < -0.3 is 10.1 Å². The molecule has 3 aromatic carbocycles. The quantitative estimate of drug-likeness (QED) is 0.304. The Labute approximate surface area is 190 Å². The average molecular weight is 449 g/mol. The zero-order valence-corrected chi connectivity index (χ0v) is 18.2. The summed E-state index contributed by atoms with van der Waals surface area (Å²) < 4.78 is 5.19. The highest BCUT2D eigenvalue weighted by Crippen LogP contribution is 2.32. The normalized spacial score (nSPS) is 13.8. The van der Waals surface area contributed by atoms with E-state index in [0.29, 0.717) is 23.5 Å². The first-order chi connectivity index (χ1) is 15.5. The van der Waals surface area contributed by atoms with Crippen molar-refractivity contribution in [1.82, 2.24) is 0 Å². The first-order valence-corrected chi connectivity index (χ1v) is 10.7. The second-order valence-corrected chi connectivity index (χ2v) is 7.70. The van der Waals surface area contributed by atoms with Gasteiger partial charge in [-0.3, -0.25) is 9.59 Å². The molecule has 7 heteroatoms. The Morgan fingerprint density at radius 3 is 2.44 bits per heavy atom. The number of nitrogens with one attached hydrogen (secondary N) is 1. The lowest BCUT2D eigenvalue weighted by molar-refractivity contribution is -0.120. The number of hydrogen-bond donors (Lipinski definition) is 1. The molecule has 0 aromatic heterocycles. The molecule has 2 amide bonds. The maximum absolute atomic E-state index is 13.1. The lowest BCUT2D eigenvalue weighted by Crippen LogP contribution is -2.32. The molecule has 32 heavy (non-hydrogen) atoms. The molecule has 0 fully saturated rings. The third kappa shape index (κ3) is 4.09. The number of unbranched alkanes of at least 4 members (excludes halogenated alkanes) is 1. The molecule has 3 aromatic rings. The number of nitrogens with zero attached hydrogens (tertiary/aromatic N) is 1. The fourth-order valence-corrected chi connectivity index (χ4v) is 3.67. The number of anilines is 2. The van der Waals surface area contributed by atoms with Crippen molar-refractivity contribution in [2.24, 2.45) is 0 Å². The maximum Gasteiger partial charge on any atom is 0.338 e. The number of halogens is 1. The van der Waals surface area contributed by atoms with E-state index in [1.165, 1.54) is 24.3 Å². The van der Waals surface area contributed by atoms with Crippen LogP contribution in [0.3, 0.4) is 0 Å². The minimum atomic E-state index is -0.627. The zero-order valence-electron chi connectivity index (χ0n) is 17.4. The van der Waals surface area contributed by atoms with Crippen LogP contribution in [0.2, 0.25) is 0 Å². The summed E-state index contributed by atoms with van der Waals surface area (Å²) in [7, 11) is 0.